The van der Waals surface area contributed by atoms with Crippen LogP contribution >= 0.6 is 0 Å². The first kappa shape index (κ1) is 12.1. The van der Waals surface area contributed by atoms with Crippen LogP contribution in [0.15, 0.2) is 12.7 Å². The highest BCUT2D eigenvalue weighted by Crippen LogP contribution is 2.54. The van der Waals surface area contributed by atoms with Crippen molar-refractivity contribution in [1.29, 1.82) is 0 Å². The minimum absolute atomic E-state index is 0.00253. The van der Waals surface area contributed by atoms with Crippen molar-refractivity contribution in [3.05, 3.63) is 12.7 Å². The summed E-state index contributed by atoms with van der Waals surface area (Å²) in [7, 11) is 1.34. The second-order valence-corrected chi connectivity index (χ2v) is 4.80. The van der Waals surface area contributed by atoms with Gasteiger partial charge >= 0.3 is 11.9 Å². The molecule has 94 valence electrons. The average Bonchev–Trinajstić information content (AvgIpc) is 2.85. The van der Waals surface area contributed by atoms with Gasteiger partial charge in [-0.3, -0.25) is 9.59 Å². The molecule has 1 aliphatic carbocycles. The number of hydrogen-bond donors (Lipinski definition) is 0. The Labute approximate surface area is 101 Å². The number of carbonyl (C=O) groups excluding carboxylic acids is 2. The standard InChI is InChI=1S/C13H18O4/c1-3-4-5-9-6-7-10-8-17-12(15)13(9,10)11(14)16-2/h3,9-10H,1,4-8H2,2H3/t9-,10+,13+/m1/s1. The Morgan fingerprint density at radius 1 is 1.65 bits per heavy atom. The van der Waals surface area contributed by atoms with E-state index in [9.17, 15) is 9.59 Å². The molecule has 1 saturated carbocycles. The van der Waals surface area contributed by atoms with Gasteiger partial charge in [0, 0.05) is 5.92 Å². The van der Waals surface area contributed by atoms with E-state index in [-0.39, 0.29) is 17.8 Å². The van der Waals surface area contributed by atoms with E-state index < -0.39 is 11.4 Å². The van der Waals surface area contributed by atoms with Gasteiger partial charge in [0.05, 0.1) is 13.7 Å². The molecule has 0 aromatic rings. The molecule has 2 rings (SSSR count). The van der Waals surface area contributed by atoms with E-state index in [1.54, 1.807) is 0 Å². The molecule has 17 heavy (non-hydrogen) atoms. The van der Waals surface area contributed by atoms with Crippen LogP contribution in [0, 0.1) is 17.3 Å². The van der Waals surface area contributed by atoms with Gasteiger partial charge in [-0.1, -0.05) is 6.08 Å². The summed E-state index contributed by atoms with van der Waals surface area (Å²) in [5.74, 6) is -0.775. The Kier molecular flexibility index (Phi) is 3.22. The van der Waals surface area contributed by atoms with E-state index in [0.29, 0.717) is 6.61 Å². The quantitative estimate of drug-likeness (QED) is 0.425. The van der Waals surface area contributed by atoms with Gasteiger partial charge in [0.15, 0.2) is 5.41 Å². The number of carbonyl (C=O) groups is 2. The SMILES string of the molecule is C=CCC[C@@H]1CC[C@H]2COC(=O)[C@@]12C(=O)OC. The van der Waals surface area contributed by atoms with Crippen molar-refractivity contribution in [2.24, 2.45) is 17.3 Å². The number of fused-ring (bicyclic) bond motifs is 1. The predicted molar refractivity (Wildman–Crippen MR) is 61.1 cm³/mol. The van der Waals surface area contributed by atoms with Gasteiger partial charge in [0.2, 0.25) is 0 Å². The molecule has 0 aromatic heterocycles. The summed E-state index contributed by atoms with van der Waals surface area (Å²) in [5, 5.41) is 0. The smallest absolute Gasteiger partial charge is 0.324 e. The van der Waals surface area contributed by atoms with Gasteiger partial charge in [-0.15, -0.1) is 6.58 Å². The van der Waals surface area contributed by atoms with Crippen LogP contribution in [-0.4, -0.2) is 25.7 Å². The Bertz CT molecular complexity index is 349. The fraction of sp³-hybridized carbons (Fsp3) is 0.692. The maximum Gasteiger partial charge on any atom is 0.324 e. The normalized spacial score (nSPS) is 35.2. The molecule has 3 atom stereocenters. The van der Waals surface area contributed by atoms with Crippen molar-refractivity contribution in [3.63, 3.8) is 0 Å². The molecule has 2 aliphatic rings. The minimum atomic E-state index is -1.03. The fourth-order valence-electron chi connectivity index (χ4n) is 3.31. The monoisotopic (exact) mass is 238 g/mol. The zero-order valence-electron chi connectivity index (χ0n) is 10.1. The van der Waals surface area contributed by atoms with Crippen LogP contribution in [0.3, 0.4) is 0 Å². The van der Waals surface area contributed by atoms with Gasteiger partial charge in [-0.2, -0.15) is 0 Å². The Hall–Kier alpha value is -1.32. The summed E-state index contributed by atoms with van der Waals surface area (Å²) in [5.41, 5.74) is -1.03. The summed E-state index contributed by atoms with van der Waals surface area (Å²) in [6.07, 6.45) is 5.18. The lowest BCUT2D eigenvalue weighted by atomic mass is 9.72. The summed E-state index contributed by atoms with van der Waals surface area (Å²) < 4.78 is 9.94. The third-order valence-corrected chi connectivity index (χ3v) is 4.15. The second kappa shape index (κ2) is 4.51. The molecule has 1 aliphatic heterocycles. The molecular formula is C13H18O4. The molecule has 0 spiro atoms. The van der Waals surface area contributed by atoms with Crippen molar-refractivity contribution in [3.8, 4) is 0 Å². The first-order valence-corrected chi connectivity index (χ1v) is 6.04. The molecule has 0 amide bonds. The minimum Gasteiger partial charge on any atom is -0.468 e. The fourth-order valence-corrected chi connectivity index (χ4v) is 3.31. The van der Waals surface area contributed by atoms with Gasteiger partial charge in [-0.05, 0) is 31.6 Å². The molecule has 0 bridgehead atoms. The lowest BCUT2D eigenvalue weighted by molar-refractivity contribution is -0.167. The second-order valence-electron chi connectivity index (χ2n) is 4.80. The van der Waals surface area contributed by atoms with Crippen molar-refractivity contribution >= 4 is 11.9 Å². The summed E-state index contributed by atoms with van der Waals surface area (Å²) >= 11 is 0. The molecule has 4 heteroatoms. The number of methoxy groups -OCH3 is 1. The third-order valence-electron chi connectivity index (χ3n) is 4.15. The molecule has 2 fully saturated rings. The summed E-state index contributed by atoms with van der Waals surface area (Å²) in [6, 6.07) is 0. The highest BCUT2D eigenvalue weighted by molar-refractivity contribution is 6.02. The molecule has 1 saturated heterocycles. The molecule has 0 aromatic carbocycles. The van der Waals surface area contributed by atoms with Crippen molar-refractivity contribution in [2.45, 2.75) is 25.7 Å². The molecule has 0 N–H and O–H groups in total. The zero-order valence-corrected chi connectivity index (χ0v) is 10.1. The highest BCUT2D eigenvalue weighted by Gasteiger charge is 2.66. The Morgan fingerprint density at radius 2 is 2.41 bits per heavy atom. The van der Waals surface area contributed by atoms with E-state index in [1.807, 2.05) is 6.08 Å². The van der Waals surface area contributed by atoms with Gasteiger partial charge < -0.3 is 9.47 Å². The topological polar surface area (TPSA) is 52.6 Å². The van der Waals surface area contributed by atoms with Crippen LogP contribution in [0.2, 0.25) is 0 Å². The van der Waals surface area contributed by atoms with Crippen LogP contribution in [0.1, 0.15) is 25.7 Å². The zero-order chi connectivity index (χ0) is 12.5. The molecule has 4 nitrogen and oxygen atoms in total. The van der Waals surface area contributed by atoms with Crippen LogP contribution in [0.5, 0.6) is 0 Å². The molecule has 0 unspecified atom stereocenters. The number of ether oxygens (including phenoxy) is 2. The number of rotatable bonds is 4. The number of cyclic esters (lactones) is 1. The largest absolute Gasteiger partial charge is 0.468 e. The predicted octanol–water partition coefficient (Wildman–Crippen LogP) is 1.70. The van der Waals surface area contributed by atoms with Gasteiger partial charge in [0.25, 0.3) is 0 Å². The van der Waals surface area contributed by atoms with Crippen molar-refractivity contribution < 1.29 is 19.1 Å². The van der Waals surface area contributed by atoms with Gasteiger partial charge in [0.1, 0.15) is 0 Å². The number of esters is 2. The maximum absolute atomic E-state index is 12.1. The van der Waals surface area contributed by atoms with Crippen molar-refractivity contribution in [2.75, 3.05) is 13.7 Å². The number of allylic oxidation sites excluding steroid dienone is 1. The van der Waals surface area contributed by atoms with Crippen LogP contribution in [0.25, 0.3) is 0 Å². The van der Waals surface area contributed by atoms with E-state index in [1.165, 1.54) is 7.11 Å². The highest BCUT2D eigenvalue weighted by atomic mass is 16.6. The lowest BCUT2D eigenvalue weighted by Gasteiger charge is -2.28. The maximum atomic E-state index is 12.1. The van der Waals surface area contributed by atoms with E-state index in [2.05, 4.69) is 6.58 Å². The average molecular weight is 238 g/mol. The lowest BCUT2D eigenvalue weighted by Crippen LogP contribution is -2.44. The van der Waals surface area contributed by atoms with E-state index in [0.717, 1.165) is 25.7 Å². The summed E-state index contributed by atoms with van der Waals surface area (Å²) in [6.45, 7) is 4.04. The van der Waals surface area contributed by atoms with E-state index in [4.69, 9.17) is 9.47 Å². The Morgan fingerprint density at radius 3 is 3.06 bits per heavy atom. The third kappa shape index (κ3) is 1.58. The Balaban J connectivity index is 2.31. The van der Waals surface area contributed by atoms with Crippen LogP contribution in [-0.2, 0) is 19.1 Å². The molecule has 0 radical (unpaired) electrons. The van der Waals surface area contributed by atoms with Gasteiger partial charge in [-0.25, -0.2) is 0 Å². The van der Waals surface area contributed by atoms with E-state index >= 15 is 0 Å². The van der Waals surface area contributed by atoms with Crippen molar-refractivity contribution in [1.82, 2.24) is 0 Å². The first-order valence-electron chi connectivity index (χ1n) is 6.04. The molecule has 1 heterocycles. The van der Waals surface area contributed by atoms with Crippen LogP contribution < -0.4 is 0 Å². The summed E-state index contributed by atoms with van der Waals surface area (Å²) in [4.78, 5) is 24.1. The molecular weight excluding hydrogens is 220 g/mol. The number of hydrogen-bond acceptors (Lipinski definition) is 4. The van der Waals surface area contributed by atoms with Crippen LogP contribution in [0.4, 0.5) is 0 Å². The first-order chi connectivity index (χ1) is 8.17.